The molecule has 0 fully saturated rings. The van der Waals surface area contributed by atoms with Crippen LogP contribution in [0.1, 0.15) is 0 Å². The average Bonchev–Trinajstić information content (AvgIpc) is 1.87. The van der Waals surface area contributed by atoms with E-state index in [9.17, 15) is 14.7 Å². The van der Waals surface area contributed by atoms with Gasteiger partial charge in [0, 0.05) is 0 Å². The summed E-state index contributed by atoms with van der Waals surface area (Å²) in [4.78, 5) is 20.2. The van der Waals surface area contributed by atoms with Gasteiger partial charge < -0.3 is 21.4 Å². The normalized spacial score (nSPS) is 7.27. The molecule has 11 heavy (non-hydrogen) atoms. The third-order valence-electron chi connectivity index (χ3n) is 0.706. The number of hydrogen-bond acceptors (Lipinski definition) is 3. The number of amides is 1. The lowest BCUT2D eigenvalue weighted by Crippen LogP contribution is -2.34. The predicted molar refractivity (Wildman–Crippen MR) is 38.5 cm³/mol. The zero-order chi connectivity index (χ0) is 8.15. The highest BCUT2D eigenvalue weighted by Gasteiger charge is 1.96. The Morgan fingerprint density at radius 3 is 2.18 bits per heavy atom. The second kappa shape index (κ2) is 5.19. The SMILES string of the molecule is C=CC(=O)NC(=C)C(=O)[O-].[NH4+]. The number of rotatable bonds is 3. The number of quaternary nitrogens is 1. The Bertz CT molecular complexity index is 198. The van der Waals surface area contributed by atoms with Gasteiger partial charge in [-0.2, -0.15) is 0 Å². The number of carboxylic acids is 1. The van der Waals surface area contributed by atoms with Crippen LogP contribution in [0.5, 0.6) is 0 Å². The van der Waals surface area contributed by atoms with E-state index in [0.29, 0.717) is 0 Å². The Kier molecular flexibility index (Phi) is 5.70. The van der Waals surface area contributed by atoms with Crippen LogP contribution in [0.3, 0.4) is 0 Å². The largest absolute Gasteiger partial charge is 0.543 e. The van der Waals surface area contributed by atoms with Crippen LogP contribution in [-0.4, -0.2) is 11.9 Å². The molecule has 0 aromatic heterocycles. The standard InChI is InChI=1S/C6H7NO3.H3N/c1-3-5(8)7-4(2)6(9)10;/h3H,1-2H2,(H,7,8)(H,9,10);1H3. The molecule has 0 radical (unpaired) electrons. The summed E-state index contributed by atoms with van der Waals surface area (Å²) in [6.45, 7) is 6.11. The monoisotopic (exact) mass is 158 g/mol. The second-order valence-corrected chi connectivity index (χ2v) is 1.46. The molecule has 0 saturated heterocycles. The maximum Gasteiger partial charge on any atom is 0.247 e. The van der Waals surface area contributed by atoms with Crippen LogP contribution in [0.25, 0.3) is 0 Å². The molecule has 5 nitrogen and oxygen atoms in total. The number of nitrogens with one attached hydrogen (secondary N) is 1. The molecular weight excluding hydrogens is 148 g/mol. The topological polar surface area (TPSA) is 106 Å². The lowest BCUT2D eigenvalue weighted by Gasteiger charge is -2.04. The molecule has 0 bridgehead atoms. The molecule has 0 aliphatic heterocycles. The number of aliphatic carboxylic acids is 1. The Morgan fingerprint density at radius 2 is 1.91 bits per heavy atom. The fourth-order valence-corrected chi connectivity index (χ4v) is 0.251. The Balaban J connectivity index is 0. The summed E-state index contributed by atoms with van der Waals surface area (Å²) in [5.41, 5.74) is -0.468. The van der Waals surface area contributed by atoms with Crippen LogP contribution in [-0.2, 0) is 9.59 Å². The summed E-state index contributed by atoms with van der Waals surface area (Å²) in [7, 11) is 0. The maximum absolute atomic E-state index is 10.3. The van der Waals surface area contributed by atoms with Gasteiger partial charge in [-0.25, -0.2) is 0 Å². The second-order valence-electron chi connectivity index (χ2n) is 1.46. The fraction of sp³-hybridized carbons (Fsp3) is 0. The van der Waals surface area contributed by atoms with Gasteiger partial charge in [-0.05, 0) is 6.08 Å². The molecule has 5 heteroatoms. The van der Waals surface area contributed by atoms with Crippen molar-refractivity contribution in [3.8, 4) is 0 Å². The van der Waals surface area contributed by atoms with Crippen molar-refractivity contribution in [2.45, 2.75) is 0 Å². The lowest BCUT2D eigenvalue weighted by atomic mass is 10.4. The first-order valence-electron chi connectivity index (χ1n) is 2.41. The highest BCUT2D eigenvalue weighted by molar-refractivity contribution is 5.95. The van der Waals surface area contributed by atoms with Crippen molar-refractivity contribution in [3.05, 3.63) is 24.9 Å². The van der Waals surface area contributed by atoms with E-state index in [1.165, 1.54) is 0 Å². The molecule has 1 amide bonds. The fourth-order valence-electron chi connectivity index (χ4n) is 0.251. The smallest absolute Gasteiger partial charge is 0.247 e. The van der Waals surface area contributed by atoms with Crippen LogP contribution >= 0.6 is 0 Å². The molecule has 0 saturated carbocycles. The number of carbonyl (C=O) groups excluding carboxylic acids is 2. The summed E-state index contributed by atoms with van der Waals surface area (Å²) in [5.74, 6) is -2.12. The van der Waals surface area contributed by atoms with Crippen molar-refractivity contribution in [2.24, 2.45) is 0 Å². The quantitative estimate of drug-likeness (QED) is 0.510. The summed E-state index contributed by atoms with van der Waals surface area (Å²) >= 11 is 0. The Labute approximate surface area is 64.0 Å². The summed E-state index contributed by atoms with van der Waals surface area (Å²) in [6.07, 6.45) is 0.939. The van der Waals surface area contributed by atoms with Gasteiger partial charge in [0.1, 0.15) is 0 Å². The van der Waals surface area contributed by atoms with Crippen molar-refractivity contribution >= 4 is 11.9 Å². The Morgan fingerprint density at radius 1 is 1.45 bits per heavy atom. The van der Waals surface area contributed by atoms with Gasteiger partial charge in [-0.15, -0.1) is 0 Å². The molecule has 0 aliphatic rings. The van der Waals surface area contributed by atoms with Crippen molar-refractivity contribution in [1.82, 2.24) is 11.5 Å². The van der Waals surface area contributed by atoms with Crippen molar-refractivity contribution < 1.29 is 14.7 Å². The number of hydrogen-bond donors (Lipinski definition) is 2. The van der Waals surface area contributed by atoms with E-state index < -0.39 is 17.6 Å². The maximum atomic E-state index is 10.3. The molecule has 0 atom stereocenters. The van der Waals surface area contributed by atoms with E-state index >= 15 is 0 Å². The highest BCUT2D eigenvalue weighted by Crippen LogP contribution is 1.79. The third-order valence-corrected chi connectivity index (χ3v) is 0.706. The van der Waals surface area contributed by atoms with E-state index in [1.807, 2.05) is 5.32 Å². The average molecular weight is 158 g/mol. The number of carbonyl (C=O) groups is 2. The third kappa shape index (κ3) is 4.86. The Hall–Kier alpha value is -1.62. The molecule has 5 N–H and O–H groups in total. The minimum absolute atomic E-state index is 0. The van der Waals surface area contributed by atoms with Gasteiger partial charge in [0.2, 0.25) is 5.91 Å². The summed E-state index contributed by atoms with van der Waals surface area (Å²) in [5, 5.41) is 11.8. The number of carboxylic acid groups (broad SMARTS) is 1. The van der Waals surface area contributed by atoms with Crippen molar-refractivity contribution in [3.63, 3.8) is 0 Å². The van der Waals surface area contributed by atoms with E-state index in [-0.39, 0.29) is 6.15 Å². The molecule has 0 spiro atoms. The van der Waals surface area contributed by atoms with E-state index in [2.05, 4.69) is 13.2 Å². The minimum atomic E-state index is -1.50. The molecule has 0 aromatic rings. The summed E-state index contributed by atoms with van der Waals surface area (Å²) < 4.78 is 0. The minimum Gasteiger partial charge on any atom is -0.543 e. The lowest BCUT2D eigenvalue weighted by molar-refractivity contribution is -0.299. The van der Waals surface area contributed by atoms with Crippen LogP contribution in [0.2, 0.25) is 0 Å². The van der Waals surface area contributed by atoms with Gasteiger partial charge >= 0.3 is 0 Å². The molecule has 0 rings (SSSR count). The van der Waals surface area contributed by atoms with Gasteiger partial charge in [0.05, 0.1) is 11.7 Å². The summed E-state index contributed by atoms with van der Waals surface area (Å²) in [6, 6.07) is 0. The first-order chi connectivity index (χ1) is 4.57. The van der Waals surface area contributed by atoms with Crippen LogP contribution in [0, 0.1) is 0 Å². The predicted octanol–water partition coefficient (Wildman–Crippen LogP) is -1.07. The van der Waals surface area contributed by atoms with Gasteiger partial charge in [-0.3, -0.25) is 4.79 Å². The first-order valence-corrected chi connectivity index (χ1v) is 2.41. The van der Waals surface area contributed by atoms with Gasteiger partial charge in [-0.1, -0.05) is 13.2 Å². The van der Waals surface area contributed by atoms with Crippen LogP contribution < -0.4 is 16.6 Å². The first kappa shape index (κ1) is 12.1. The highest BCUT2D eigenvalue weighted by atomic mass is 16.4. The molecule has 0 aliphatic carbocycles. The van der Waals surface area contributed by atoms with Gasteiger partial charge in [0.25, 0.3) is 0 Å². The van der Waals surface area contributed by atoms with Crippen LogP contribution in [0.4, 0.5) is 0 Å². The molecule has 0 unspecified atom stereocenters. The molecule has 0 heterocycles. The van der Waals surface area contributed by atoms with E-state index in [1.54, 1.807) is 0 Å². The van der Waals surface area contributed by atoms with E-state index in [0.717, 1.165) is 6.08 Å². The zero-order valence-corrected chi connectivity index (χ0v) is 6.22. The van der Waals surface area contributed by atoms with E-state index in [4.69, 9.17) is 0 Å². The van der Waals surface area contributed by atoms with Gasteiger partial charge in [0.15, 0.2) is 0 Å². The molecule has 0 aromatic carbocycles. The van der Waals surface area contributed by atoms with Crippen molar-refractivity contribution in [1.29, 1.82) is 0 Å². The van der Waals surface area contributed by atoms with Crippen LogP contribution in [0.15, 0.2) is 24.9 Å². The molecule has 62 valence electrons. The molecular formula is C6H10N2O3. The van der Waals surface area contributed by atoms with Crippen molar-refractivity contribution in [2.75, 3.05) is 0 Å². The zero-order valence-electron chi connectivity index (χ0n) is 6.22.